The Balaban J connectivity index is 0.00000144. The smallest absolute Gasteiger partial charge is 0.120 e. The molecule has 96 valence electrons. The van der Waals surface area contributed by atoms with Crippen molar-refractivity contribution in [2.24, 2.45) is 11.7 Å². The number of rotatable bonds is 2. The van der Waals surface area contributed by atoms with Gasteiger partial charge in [-0.3, -0.25) is 0 Å². The number of aromatic hydroxyl groups is 1. The predicted octanol–water partition coefficient (Wildman–Crippen LogP) is 2.58. The third-order valence-electron chi connectivity index (χ3n) is 3.24. The molecule has 1 atom stereocenters. The summed E-state index contributed by atoms with van der Waals surface area (Å²) >= 11 is 3.41. The van der Waals surface area contributed by atoms with Crippen molar-refractivity contribution in [3.05, 3.63) is 28.2 Å². The van der Waals surface area contributed by atoms with Gasteiger partial charge in [0, 0.05) is 16.1 Å². The Morgan fingerprint density at radius 3 is 2.65 bits per heavy atom. The van der Waals surface area contributed by atoms with Gasteiger partial charge in [0.25, 0.3) is 0 Å². The van der Waals surface area contributed by atoms with E-state index >= 15 is 0 Å². The lowest BCUT2D eigenvalue weighted by Crippen LogP contribution is -2.33. The number of benzene rings is 1. The van der Waals surface area contributed by atoms with Crippen molar-refractivity contribution >= 4 is 28.3 Å². The molecule has 2 rings (SSSR count). The fraction of sp³-hybridized carbons (Fsp3) is 0.500. The molecule has 0 aromatic heterocycles. The lowest BCUT2D eigenvalue weighted by atomic mass is 9.86. The van der Waals surface area contributed by atoms with E-state index in [1.54, 1.807) is 6.07 Å². The summed E-state index contributed by atoms with van der Waals surface area (Å²) < 4.78 is 0.963. The van der Waals surface area contributed by atoms with Crippen molar-refractivity contribution in [1.29, 1.82) is 0 Å². The van der Waals surface area contributed by atoms with Crippen LogP contribution in [0.4, 0.5) is 0 Å². The van der Waals surface area contributed by atoms with Gasteiger partial charge in [0.15, 0.2) is 0 Å². The van der Waals surface area contributed by atoms with E-state index in [4.69, 9.17) is 5.73 Å². The molecule has 1 fully saturated rings. The zero-order chi connectivity index (χ0) is 11.5. The van der Waals surface area contributed by atoms with E-state index in [1.807, 2.05) is 12.1 Å². The van der Waals surface area contributed by atoms with E-state index in [1.165, 1.54) is 0 Å². The predicted molar refractivity (Wildman–Crippen MR) is 75.6 cm³/mol. The van der Waals surface area contributed by atoms with Crippen LogP contribution in [0.1, 0.15) is 24.4 Å². The Kier molecular flexibility index (Phi) is 5.73. The molecule has 4 N–H and O–H groups in total. The van der Waals surface area contributed by atoms with Gasteiger partial charge < -0.3 is 16.2 Å². The maximum absolute atomic E-state index is 9.82. The molecule has 1 aromatic carbocycles. The number of hydrogen-bond donors (Lipinski definition) is 3. The Morgan fingerprint density at radius 1 is 1.35 bits per heavy atom. The standard InChI is InChI=1S/C12H17BrN2O.ClH/c13-9-1-2-11(16)10(7-9)12(14)8-3-5-15-6-4-8;/h1-2,7-8,12,15-16H,3-6,14H2;1H/t12-;/m1./s1. The first-order chi connectivity index (χ1) is 7.68. The van der Waals surface area contributed by atoms with Gasteiger partial charge in [0.2, 0.25) is 0 Å². The summed E-state index contributed by atoms with van der Waals surface area (Å²) in [6, 6.07) is 5.37. The maximum atomic E-state index is 9.82. The molecule has 0 bridgehead atoms. The molecule has 0 amide bonds. The fourth-order valence-corrected chi connectivity index (χ4v) is 2.63. The van der Waals surface area contributed by atoms with Gasteiger partial charge in [-0.25, -0.2) is 0 Å². The molecule has 1 heterocycles. The zero-order valence-corrected chi connectivity index (χ0v) is 11.9. The summed E-state index contributed by atoms with van der Waals surface area (Å²) in [5, 5.41) is 13.1. The lowest BCUT2D eigenvalue weighted by molar-refractivity contribution is 0.316. The van der Waals surface area contributed by atoms with Crippen LogP contribution in [0.15, 0.2) is 22.7 Å². The summed E-state index contributed by atoms with van der Waals surface area (Å²) in [6.45, 7) is 2.04. The molecule has 3 nitrogen and oxygen atoms in total. The number of phenols is 1. The van der Waals surface area contributed by atoms with Gasteiger partial charge in [-0.1, -0.05) is 15.9 Å². The van der Waals surface area contributed by atoms with Crippen LogP contribution in [-0.4, -0.2) is 18.2 Å². The molecule has 0 unspecified atom stereocenters. The van der Waals surface area contributed by atoms with Crippen LogP contribution in [0.3, 0.4) is 0 Å². The highest BCUT2D eigenvalue weighted by molar-refractivity contribution is 9.10. The van der Waals surface area contributed by atoms with Crippen molar-refractivity contribution in [2.45, 2.75) is 18.9 Å². The first-order valence-electron chi connectivity index (χ1n) is 5.63. The highest BCUT2D eigenvalue weighted by Crippen LogP contribution is 2.33. The number of hydrogen-bond acceptors (Lipinski definition) is 3. The first-order valence-corrected chi connectivity index (χ1v) is 6.42. The third kappa shape index (κ3) is 3.58. The summed E-state index contributed by atoms with van der Waals surface area (Å²) in [5.74, 6) is 0.760. The van der Waals surface area contributed by atoms with Gasteiger partial charge >= 0.3 is 0 Å². The molecule has 0 radical (unpaired) electrons. The van der Waals surface area contributed by atoms with E-state index in [-0.39, 0.29) is 18.4 Å². The lowest BCUT2D eigenvalue weighted by Gasteiger charge is -2.28. The largest absolute Gasteiger partial charge is 0.508 e. The van der Waals surface area contributed by atoms with Crippen LogP contribution in [0, 0.1) is 5.92 Å². The van der Waals surface area contributed by atoms with Crippen LogP contribution >= 0.6 is 28.3 Å². The summed E-state index contributed by atoms with van der Waals surface area (Å²) in [5.41, 5.74) is 7.08. The average Bonchev–Trinajstić information content (AvgIpc) is 2.32. The van der Waals surface area contributed by atoms with Crippen molar-refractivity contribution in [2.75, 3.05) is 13.1 Å². The van der Waals surface area contributed by atoms with E-state index in [0.717, 1.165) is 36.0 Å². The Labute approximate surface area is 116 Å². The second kappa shape index (κ2) is 6.59. The monoisotopic (exact) mass is 320 g/mol. The molecule has 0 spiro atoms. The van der Waals surface area contributed by atoms with Gasteiger partial charge in [0.1, 0.15) is 5.75 Å². The van der Waals surface area contributed by atoms with E-state index in [0.29, 0.717) is 11.7 Å². The van der Waals surface area contributed by atoms with E-state index in [2.05, 4.69) is 21.2 Å². The minimum Gasteiger partial charge on any atom is -0.508 e. The van der Waals surface area contributed by atoms with Gasteiger partial charge in [-0.15, -0.1) is 12.4 Å². The van der Waals surface area contributed by atoms with Gasteiger partial charge in [-0.2, -0.15) is 0 Å². The molecule has 1 aliphatic heterocycles. The minimum atomic E-state index is -0.0698. The molecule has 0 saturated carbocycles. The molecular formula is C12H18BrClN2O. The molecule has 1 saturated heterocycles. The van der Waals surface area contributed by atoms with E-state index in [9.17, 15) is 5.11 Å². The van der Waals surface area contributed by atoms with Crippen LogP contribution in [-0.2, 0) is 0 Å². The summed E-state index contributed by atoms with van der Waals surface area (Å²) in [6.07, 6.45) is 2.15. The zero-order valence-electron chi connectivity index (χ0n) is 9.53. The van der Waals surface area contributed by atoms with Crippen LogP contribution in [0.25, 0.3) is 0 Å². The van der Waals surface area contributed by atoms with Gasteiger partial charge in [0.05, 0.1) is 0 Å². The quantitative estimate of drug-likeness (QED) is 0.784. The second-order valence-corrected chi connectivity index (χ2v) is 5.23. The minimum absolute atomic E-state index is 0. The highest BCUT2D eigenvalue weighted by atomic mass is 79.9. The maximum Gasteiger partial charge on any atom is 0.120 e. The Hall–Kier alpha value is -0.290. The van der Waals surface area contributed by atoms with Crippen molar-refractivity contribution < 1.29 is 5.11 Å². The molecule has 1 aromatic rings. The normalized spacial score (nSPS) is 18.5. The van der Waals surface area contributed by atoms with Crippen molar-refractivity contribution in [3.8, 4) is 5.75 Å². The van der Waals surface area contributed by atoms with Crippen molar-refractivity contribution in [3.63, 3.8) is 0 Å². The van der Waals surface area contributed by atoms with Crippen LogP contribution < -0.4 is 11.1 Å². The van der Waals surface area contributed by atoms with Crippen LogP contribution in [0.2, 0.25) is 0 Å². The SMILES string of the molecule is Cl.N[C@@H](c1cc(Br)ccc1O)C1CCNCC1. The molecule has 0 aliphatic carbocycles. The third-order valence-corrected chi connectivity index (χ3v) is 3.73. The van der Waals surface area contributed by atoms with Gasteiger partial charge in [-0.05, 0) is 50.0 Å². The highest BCUT2D eigenvalue weighted by Gasteiger charge is 2.23. The number of nitrogens with two attached hydrogens (primary N) is 1. The molecule has 1 aliphatic rings. The van der Waals surface area contributed by atoms with Crippen LogP contribution in [0.5, 0.6) is 5.75 Å². The average molecular weight is 322 g/mol. The summed E-state index contributed by atoms with van der Waals surface area (Å²) in [4.78, 5) is 0. The summed E-state index contributed by atoms with van der Waals surface area (Å²) in [7, 11) is 0. The second-order valence-electron chi connectivity index (χ2n) is 4.32. The molecule has 5 heteroatoms. The number of nitrogens with one attached hydrogen (secondary N) is 1. The molecular weight excluding hydrogens is 304 g/mol. The topological polar surface area (TPSA) is 58.3 Å². The fourth-order valence-electron chi connectivity index (χ4n) is 2.25. The first kappa shape index (κ1) is 14.8. The Morgan fingerprint density at radius 2 is 2.00 bits per heavy atom. The van der Waals surface area contributed by atoms with Crippen molar-refractivity contribution in [1.82, 2.24) is 5.32 Å². The number of phenolic OH excluding ortho intramolecular Hbond substituents is 1. The Bertz CT molecular complexity index is 370. The molecule has 17 heavy (non-hydrogen) atoms. The number of halogens is 2. The van der Waals surface area contributed by atoms with E-state index < -0.39 is 0 Å². The number of piperidine rings is 1.